The Morgan fingerprint density at radius 1 is 0.970 bits per heavy atom. The summed E-state index contributed by atoms with van der Waals surface area (Å²) in [7, 11) is 0. The van der Waals surface area contributed by atoms with E-state index in [0.29, 0.717) is 10.6 Å². The van der Waals surface area contributed by atoms with Crippen molar-refractivity contribution in [3.05, 3.63) is 51.5 Å². The highest BCUT2D eigenvalue weighted by atomic mass is 35.5. The molecule has 0 heterocycles. The quantitative estimate of drug-likeness (QED) is 0.193. The van der Waals surface area contributed by atoms with E-state index in [-0.39, 0.29) is 35.4 Å². The Labute approximate surface area is 208 Å². The van der Waals surface area contributed by atoms with Gasteiger partial charge in [0.25, 0.3) is 0 Å². The highest BCUT2D eigenvalue weighted by molar-refractivity contribution is 6.37. The SMILES string of the molecule is CCCCCCCCCCCc1ccc(OCCC(=O)Nc2cc(Cl)c(C)c(Cl)c2O)cc1. The minimum atomic E-state index is -0.289. The standard InChI is InChI=1S/C27H37Cl2NO3/c1-3-4-5-6-7-8-9-10-11-12-21-13-15-22(16-14-21)33-18-17-25(31)30-24-19-23(28)20(2)26(29)27(24)32/h13-16,19,32H,3-12,17-18H2,1-2H3,(H,30,31). The molecular formula is C27H37Cl2NO3. The van der Waals surface area contributed by atoms with Crippen molar-refractivity contribution in [2.24, 2.45) is 0 Å². The van der Waals surface area contributed by atoms with Crippen molar-refractivity contribution >= 4 is 34.8 Å². The lowest BCUT2D eigenvalue weighted by molar-refractivity contribution is -0.116. The summed E-state index contributed by atoms with van der Waals surface area (Å²) in [6.07, 6.45) is 13.2. The van der Waals surface area contributed by atoms with E-state index in [1.54, 1.807) is 6.92 Å². The smallest absolute Gasteiger partial charge is 0.227 e. The molecule has 182 valence electrons. The normalized spacial score (nSPS) is 10.9. The molecule has 0 aromatic heterocycles. The minimum Gasteiger partial charge on any atom is -0.504 e. The summed E-state index contributed by atoms with van der Waals surface area (Å²) in [6.45, 7) is 4.19. The predicted octanol–water partition coefficient (Wildman–Crippen LogP) is 8.49. The van der Waals surface area contributed by atoms with Crippen molar-refractivity contribution in [2.75, 3.05) is 11.9 Å². The fourth-order valence-electron chi connectivity index (χ4n) is 3.67. The van der Waals surface area contributed by atoms with E-state index in [1.165, 1.54) is 69.4 Å². The molecule has 0 unspecified atom stereocenters. The third-order valence-corrected chi connectivity index (χ3v) is 6.64. The first-order chi connectivity index (χ1) is 15.9. The minimum absolute atomic E-state index is 0.136. The number of unbranched alkanes of at least 4 members (excludes halogenated alkanes) is 8. The van der Waals surface area contributed by atoms with E-state index >= 15 is 0 Å². The number of amides is 1. The van der Waals surface area contributed by atoms with E-state index in [9.17, 15) is 9.90 Å². The molecule has 6 heteroatoms. The highest BCUT2D eigenvalue weighted by Gasteiger charge is 2.14. The number of anilines is 1. The van der Waals surface area contributed by atoms with Crippen LogP contribution in [-0.2, 0) is 11.2 Å². The molecule has 0 radical (unpaired) electrons. The lowest BCUT2D eigenvalue weighted by Gasteiger charge is -2.12. The van der Waals surface area contributed by atoms with Gasteiger partial charge in [0.15, 0.2) is 5.75 Å². The largest absolute Gasteiger partial charge is 0.504 e. The van der Waals surface area contributed by atoms with Crippen LogP contribution in [0.5, 0.6) is 11.5 Å². The maximum atomic E-state index is 12.2. The molecule has 0 spiro atoms. The van der Waals surface area contributed by atoms with Crippen LogP contribution in [0.4, 0.5) is 5.69 Å². The van der Waals surface area contributed by atoms with Gasteiger partial charge in [0.1, 0.15) is 5.75 Å². The molecule has 0 fully saturated rings. The zero-order chi connectivity index (χ0) is 24.1. The van der Waals surface area contributed by atoms with Crippen molar-refractivity contribution in [1.29, 1.82) is 0 Å². The maximum absolute atomic E-state index is 12.2. The molecule has 2 aromatic rings. The van der Waals surface area contributed by atoms with Crippen molar-refractivity contribution in [3.63, 3.8) is 0 Å². The van der Waals surface area contributed by atoms with Crippen LogP contribution < -0.4 is 10.1 Å². The van der Waals surface area contributed by atoms with E-state index in [2.05, 4.69) is 24.4 Å². The number of benzene rings is 2. The number of aryl methyl sites for hydroxylation is 1. The molecule has 0 atom stereocenters. The summed E-state index contributed by atoms with van der Waals surface area (Å²) >= 11 is 12.1. The fraction of sp³-hybridized carbons (Fsp3) is 0.519. The lowest BCUT2D eigenvalue weighted by atomic mass is 10.0. The first-order valence-electron chi connectivity index (χ1n) is 12.1. The van der Waals surface area contributed by atoms with Crippen molar-refractivity contribution in [2.45, 2.75) is 84.5 Å². The molecule has 0 aliphatic carbocycles. The number of phenolic OH excluding ortho intramolecular Hbond substituents is 1. The molecule has 0 aliphatic heterocycles. The predicted molar refractivity (Wildman–Crippen MR) is 139 cm³/mol. The highest BCUT2D eigenvalue weighted by Crippen LogP contribution is 2.38. The van der Waals surface area contributed by atoms with Crippen molar-refractivity contribution in [3.8, 4) is 11.5 Å². The third kappa shape index (κ3) is 9.85. The Morgan fingerprint density at radius 2 is 1.58 bits per heavy atom. The Balaban J connectivity index is 1.63. The Bertz CT molecular complexity index is 869. The molecule has 0 bridgehead atoms. The summed E-state index contributed by atoms with van der Waals surface area (Å²) in [6, 6.07) is 9.57. The molecule has 0 saturated heterocycles. The van der Waals surface area contributed by atoms with Gasteiger partial charge in [0, 0.05) is 5.02 Å². The second-order valence-electron chi connectivity index (χ2n) is 8.56. The summed E-state index contributed by atoms with van der Waals surface area (Å²) < 4.78 is 5.69. The van der Waals surface area contributed by atoms with Gasteiger partial charge < -0.3 is 15.2 Å². The summed E-state index contributed by atoms with van der Waals surface area (Å²) in [5.74, 6) is 0.265. The van der Waals surface area contributed by atoms with Crippen molar-refractivity contribution in [1.82, 2.24) is 0 Å². The van der Waals surface area contributed by atoms with Crippen LogP contribution in [-0.4, -0.2) is 17.6 Å². The van der Waals surface area contributed by atoms with Gasteiger partial charge in [0.2, 0.25) is 5.91 Å². The average Bonchev–Trinajstić information content (AvgIpc) is 2.81. The number of halogens is 2. The summed E-state index contributed by atoms with van der Waals surface area (Å²) in [5, 5.41) is 13.2. The molecule has 0 saturated carbocycles. The molecule has 1 amide bonds. The molecule has 2 rings (SSSR count). The molecule has 33 heavy (non-hydrogen) atoms. The Kier molecular flexibility index (Phi) is 12.5. The van der Waals surface area contributed by atoms with E-state index in [4.69, 9.17) is 27.9 Å². The Morgan fingerprint density at radius 3 is 2.21 bits per heavy atom. The van der Waals surface area contributed by atoms with E-state index < -0.39 is 0 Å². The Hall–Kier alpha value is -1.91. The van der Waals surface area contributed by atoms with E-state index in [0.717, 1.165) is 12.2 Å². The molecule has 2 N–H and O–H groups in total. The van der Waals surface area contributed by atoms with E-state index in [1.807, 2.05) is 12.1 Å². The number of aromatic hydroxyl groups is 1. The second kappa shape index (κ2) is 15.1. The number of rotatable bonds is 15. The molecule has 0 aliphatic rings. The van der Waals surface area contributed by atoms with Crippen LogP contribution in [0.15, 0.2) is 30.3 Å². The summed E-state index contributed by atoms with van der Waals surface area (Å²) in [5.41, 5.74) is 2.08. The average molecular weight is 495 g/mol. The van der Waals surface area contributed by atoms with Gasteiger partial charge in [-0.15, -0.1) is 0 Å². The van der Waals surface area contributed by atoms with Crippen molar-refractivity contribution < 1.29 is 14.6 Å². The molecule has 4 nitrogen and oxygen atoms in total. The monoisotopic (exact) mass is 493 g/mol. The van der Waals surface area contributed by atoms with Gasteiger partial charge in [-0.25, -0.2) is 0 Å². The van der Waals surface area contributed by atoms with Gasteiger partial charge in [-0.05, 0) is 49.1 Å². The van der Waals surface area contributed by atoms with Crippen LogP contribution in [0.2, 0.25) is 10.0 Å². The zero-order valence-corrected chi connectivity index (χ0v) is 21.4. The third-order valence-electron chi connectivity index (χ3n) is 5.79. The van der Waals surface area contributed by atoms with Crippen LogP contribution in [0.1, 0.15) is 82.3 Å². The first-order valence-corrected chi connectivity index (χ1v) is 12.9. The summed E-state index contributed by atoms with van der Waals surface area (Å²) in [4.78, 5) is 12.2. The molecule has 2 aromatic carbocycles. The number of carbonyl (C=O) groups is 1. The van der Waals surface area contributed by atoms with Crippen LogP contribution >= 0.6 is 23.2 Å². The number of ether oxygens (including phenoxy) is 1. The van der Waals surface area contributed by atoms with Gasteiger partial charge in [-0.3, -0.25) is 4.79 Å². The van der Waals surface area contributed by atoms with Gasteiger partial charge in [-0.1, -0.05) is 93.6 Å². The lowest BCUT2D eigenvalue weighted by Crippen LogP contribution is -2.15. The van der Waals surface area contributed by atoms with Gasteiger partial charge in [0.05, 0.1) is 23.7 Å². The van der Waals surface area contributed by atoms with Crippen LogP contribution in [0, 0.1) is 6.92 Å². The number of hydrogen-bond acceptors (Lipinski definition) is 3. The van der Waals surface area contributed by atoms with Gasteiger partial charge in [-0.2, -0.15) is 0 Å². The fourth-order valence-corrected chi connectivity index (χ4v) is 4.12. The topological polar surface area (TPSA) is 58.6 Å². The zero-order valence-electron chi connectivity index (χ0n) is 19.9. The van der Waals surface area contributed by atoms with Crippen LogP contribution in [0.3, 0.4) is 0 Å². The maximum Gasteiger partial charge on any atom is 0.227 e. The first kappa shape index (κ1) is 27.3. The van der Waals surface area contributed by atoms with Crippen LogP contribution in [0.25, 0.3) is 0 Å². The van der Waals surface area contributed by atoms with Gasteiger partial charge >= 0.3 is 0 Å². The molecular weight excluding hydrogens is 457 g/mol. The number of phenols is 1. The second-order valence-corrected chi connectivity index (χ2v) is 9.35. The number of carbonyl (C=O) groups excluding carboxylic acids is 1. The number of hydrogen-bond donors (Lipinski definition) is 2. The number of nitrogens with one attached hydrogen (secondary N) is 1.